The number of esters is 1. The molecule has 4 aromatic carbocycles. The molecule has 1 heterocycles. The van der Waals surface area contributed by atoms with Gasteiger partial charge in [0, 0.05) is 0 Å². The van der Waals surface area contributed by atoms with Crippen LogP contribution in [-0.2, 0) is 15.1 Å². The fourth-order valence-electron chi connectivity index (χ4n) is 4.24. The second-order valence-electron chi connectivity index (χ2n) is 7.77. The maximum atomic E-state index is 13.3. The van der Waals surface area contributed by atoms with Gasteiger partial charge in [-0.25, -0.2) is 0 Å². The van der Waals surface area contributed by atoms with E-state index < -0.39 is 11.5 Å². The van der Waals surface area contributed by atoms with Crippen molar-refractivity contribution in [3.05, 3.63) is 120 Å². The van der Waals surface area contributed by atoms with Gasteiger partial charge >= 0.3 is 199 Å². The molecular formula is C28H21NO3Se. The van der Waals surface area contributed by atoms with Crippen molar-refractivity contribution in [2.75, 3.05) is 7.11 Å². The standard InChI is InChI=1S/C28H21NO3Se/c1-32-27(31)28(21-11-8-14-23(18-21)33-22-12-6-3-7-13-22)25-17-20(19-9-4-2-5-10-19)15-16-24(25)26(30)29-28/h2-18H,1H3,(H,29,30). The number of nitrogens with one attached hydrogen (secondary N) is 1. The van der Waals surface area contributed by atoms with Gasteiger partial charge in [0.25, 0.3) is 0 Å². The Hall–Kier alpha value is -3.66. The van der Waals surface area contributed by atoms with E-state index in [2.05, 4.69) is 23.5 Å². The molecule has 4 nitrogen and oxygen atoms in total. The number of carbonyl (C=O) groups is 2. The monoisotopic (exact) mass is 499 g/mol. The van der Waals surface area contributed by atoms with Crippen molar-refractivity contribution in [2.45, 2.75) is 5.54 Å². The first-order valence-electron chi connectivity index (χ1n) is 10.6. The van der Waals surface area contributed by atoms with Gasteiger partial charge in [-0.1, -0.05) is 0 Å². The molecule has 1 aliphatic heterocycles. The number of hydrogen-bond donors (Lipinski definition) is 1. The van der Waals surface area contributed by atoms with Gasteiger partial charge in [0.15, 0.2) is 0 Å². The van der Waals surface area contributed by atoms with Crippen LogP contribution in [0.1, 0.15) is 21.5 Å². The van der Waals surface area contributed by atoms with Crippen LogP contribution < -0.4 is 14.2 Å². The van der Waals surface area contributed by atoms with Crippen LogP contribution >= 0.6 is 0 Å². The molecule has 1 aliphatic rings. The third kappa shape index (κ3) is 3.76. The minimum atomic E-state index is -1.39. The summed E-state index contributed by atoms with van der Waals surface area (Å²) in [5.41, 5.74) is 2.35. The number of rotatable bonds is 5. The molecule has 0 bridgehead atoms. The van der Waals surface area contributed by atoms with E-state index in [0.717, 1.165) is 15.6 Å². The van der Waals surface area contributed by atoms with E-state index >= 15 is 0 Å². The molecule has 162 valence electrons. The summed E-state index contributed by atoms with van der Waals surface area (Å²) in [6, 6.07) is 33.7. The van der Waals surface area contributed by atoms with Gasteiger partial charge in [-0.3, -0.25) is 0 Å². The molecule has 1 amide bonds. The molecule has 1 N–H and O–H groups in total. The molecule has 0 fully saturated rings. The molecular weight excluding hydrogens is 477 g/mol. The van der Waals surface area contributed by atoms with E-state index in [-0.39, 0.29) is 20.9 Å². The molecule has 0 aromatic heterocycles. The Morgan fingerprint density at radius 3 is 2.21 bits per heavy atom. The van der Waals surface area contributed by atoms with Gasteiger partial charge in [-0.2, -0.15) is 0 Å². The zero-order valence-corrected chi connectivity index (χ0v) is 19.7. The summed E-state index contributed by atoms with van der Waals surface area (Å²) >= 11 is 0.0614. The molecule has 4 aromatic rings. The van der Waals surface area contributed by atoms with Crippen LogP contribution in [0.3, 0.4) is 0 Å². The Morgan fingerprint density at radius 2 is 1.48 bits per heavy atom. The normalized spacial score (nSPS) is 16.7. The van der Waals surface area contributed by atoms with Crippen LogP contribution in [0.5, 0.6) is 0 Å². The first-order chi connectivity index (χ1) is 16.1. The van der Waals surface area contributed by atoms with Crippen LogP contribution in [0, 0.1) is 0 Å². The van der Waals surface area contributed by atoms with Crippen LogP contribution in [0.4, 0.5) is 0 Å². The van der Waals surface area contributed by atoms with E-state index in [4.69, 9.17) is 4.74 Å². The Bertz CT molecular complexity index is 1340. The molecule has 0 saturated carbocycles. The number of benzene rings is 4. The molecule has 0 saturated heterocycles. The first kappa shape index (κ1) is 21.2. The van der Waals surface area contributed by atoms with E-state index in [0.29, 0.717) is 16.7 Å². The van der Waals surface area contributed by atoms with Crippen LogP contribution in [0.25, 0.3) is 11.1 Å². The van der Waals surface area contributed by atoms with Gasteiger partial charge < -0.3 is 0 Å². The number of ether oxygens (including phenoxy) is 1. The van der Waals surface area contributed by atoms with Crippen molar-refractivity contribution >= 4 is 35.8 Å². The molecule has 5 heteroatoms. The molecule has 0 aliphatic carbocycles. The quantitative estimate of drug-likeness (QED) is 0.340. The van der Waals surface area contributed by atoms with Crippen molar-refractivity contribution in [2.24, 2.45) is 0 Å². The van der Waals surface area contributed by atoms with E-state index in [1.165, 1.54) is 11.6 Å². The number of carbonyl (C=O) groups excluding carboxylic acids is 2. The predicted molar refractivity (Wildman–Crippen MR) is 130 cm³/mol. The summed E-state index contributed by atoms with van der Waals surface area (Å²) < 4.78 is 7.59. The summed E-state index contributed by atoms with van der Waals surface area (Å²) in [4.78, 5) is 26.3. The van der Waals surface area contributed by atoms with Crippen molar-refractivity contribution < 1.29 is 14.3 Å². The van der Waals surface area contributed by atoms with Crippen molar-refractivity contribution in [3.8, 4) is 11.1 Å². The average Bonchev–Trinajstić information content (AvgIpc) is 3.17. The Morgan fingerprint density at radius 1 is 0.788 bits per heavy atom. The minimum absolute atomic E-state index is 0.0614. The summed E-state index contributed by atoms with van der Waals surface area (Å²) in [5, 5.41) is 2.96. The topological polar surface area (TPSA) is 55.4 Å². The number of hydrogen-bond acceptors (Lipinski definition) is 3. The second kappa shape index (κ2) is 8.70. The third-order valence-electron chi connectivity index (χ3n) is 5.81. The summed E-state index contributed by atoms with van der Waals surface area (Å²) in [6.45, 7) is 0. The summed E-state index contributed by atoms with van der Waals surface area (Å²) in [5.74, 6) is -0.793. The van der Waals surface area contributed by atoms with Crippen molar-refractivity contribution in [3.63, 3.8) is 0 Å². The molecule has 0 spiro atoms. The Labute approximate surface area is 198 Å². The van der Waals surface area contributed by atoms with Gasteiger partial charge in [-0.15, -0.1) is 0 Å². The predicted octanol–water partition coefficient (Wildman–Crippen LogP) is 3.17. The van der Waals surface area contributed by atoms with E-state index in [1.54, 1.807) is 6.07 Å². The third-order valence-corrected chi connectivity index (χ3v) is 7.91. The zero-order chi connectivity index (χ0) is 22.8. The fraction of sp³-hybridized carbons (Fsp3) is 0.0714. The molecule has 5 rings (SSSR count). The maximum absolute atomic E-state index is 13.3. The van der Waals surface area contributed by atoms with E-state index in [1.807, 2.05) is 78.9 Å². The number of amides is 1. The SMILES string of the molecule is COC(=O)C1(c2cccc([Se]c3ccccc3)c2)NC(=O)c2ccc(-c3ccccc3)cc21. The van der Waals surface area contributed by atoms with Gasteiger partial charge in [-0.05, 0) is 0 Å². The Balaban J connectivity index is 1.66. The summed E-state index contributed by atoms with van der Waals surface area (Å²) in [6.07, 6.45) is 0. The van der Waals surface area contributed by atoms with Gasteiger partial charge in [0.05, 0.1) is 0 Å². The molecule has 1 unspecified atom stereocenters. The van der Waals surface area contributed by atoms with Crippen LogP contribution in [0.15, 0.2) is 103 Å². The molecule has 1 atom stereocenters. The fourth-order valence-corrected chi connectivity index (χ4v) is 6.13. The summed E-state index contributed by atoms with van der Waals surface area (Å²) in [7, 11) is 1.35. The van der Waals surface area contributed by atoms with Gasteiger partial charge in [0.2, 0.25) is 0 Å². The van der Waals surface area contributed by atoms with Gasteiger partial charge in [0.1, 0.15) is 0 Å². The second-order valence-corrected chi connectivity index (χ2v) is 10.2. The van der Waals surface area contributed by atoms with Crippen LogP contribution in [0.2, 0.25) is 0 Å². The van der Waals surface area contributed by atoms with Crippen molar-refractivity contribution in [1.29, 1.82) is 0 Å². The number of methoxy groups -OCH3 is 1. The van der Waals surface area contributed by atoms with Crippen LogP contribution in [-0.4, -0.2) is 33.9 Å². The molecule has 33 heavy (non-hydrogen) atoms. The first-order valence-corrected chi connectivity index (χ1v) is 12.3. The van der Waals surface area contributed by atoms with Crippen molar-refractivity contribution in [1.82, 2.24) is 5.32 Å². The molecule has 0 radical (unpaired) electrons. The number of fused-ring (bicyclic) bond motifs is 1. The average molecular weight is 498 g/mol. The zero-order valence-electron chi connectivity index (χ0n) is 17.9. The van der Waals surface area contributed by atoms with E-state index in [9.17, 15) is 9.59 Å². The Kier molecular flexibility index (Phi) is 5.59.